The first-order valence-electron chi connectivity index (χ1n) is 7.56. The highest BCUT2D eigenvalue weighted by Crippen LogP contribution is 2.30. The van der Waals surface area contributed by atoms with E-state index in [1.807, 2.05) is 6.92 Å². The summed E-state index contributed by atoms with van der Waals surface area (Å²) < 4.78 is 24.5. The molecule has 2 rings (SSSR count). The Labute approximate surface area is 136 Å². The predicted molar refractivity (Wildman–Crippen MR) is 79.3 cm³/mol. The van der Waals surface area contributed by atoms with Crippen molar-refractivity contribution in [3.63, 3.8) is 0 Å². The lowest BCUT2D eigenvalue weighted by Crippen LogP contribution is -2.36. The average molecular weight is 345 g/mol. The van der Waals surface area contributed by atoms with Crippen LogP contribution in [0.2, 0.25) is 0 Å². The summed E-state index contributed by atoms with van der Waals surface area (Å²) in [5, 5.41) is 20.0. The van der Waals surface area contributed by atoms with Crippen LogP contribution in [0.25, 0.3) is 0 Å². The fourth-order valence-corrected chi connectivity index (χ4v) is 2.32. The third-order valence-corrected chi connectivity index (χ3v) is 3.67. The van der Waals surface area contributed by atoms with Gasteiger partial charge in [0.05, 0.1) is 25.3 Å². The van der Waals surface area contributed by atoms with Gasteiger partial charge in [-0.3, -0.25) is 9.36 Å². The minimum absolute atomic E-state index is 0.247. The van der Waals surface area contributed by atoms with Gasteiger partial charge in [0.1, 0.15) is 12.2 Å². The summed E-state index contributed by atoms with van der Waals surface area (Å²) in [7, 11) is 0. The van der Waals surface area contributed by atoms with E-state index in [1.165, 1.54) is 0 Å². The molecule has 0 bridgehead atoms. The van der Waals surface area contributed by atoms with Crippen molar-refractivity contribution >= 4 is 11.8 Å². The number of esters is 1. The van der Waals surface area contributed by atoms with Crippen LogP contribution in [0.3, 0.4) is 0 Å². The van der Waals surface area contributed by atoms with E-state index in [0.717, 1.165) is 12.6 Å². The van der Waals surface area contributed by atoms with Crippen molar-refractivity contribution in [1.29, 1.82) is 0 Å². The quantitative estimate of drug-likeness (QED) is 0.455. The molecule has 2 heterocycles. The van der Waals surface area contributed by atoms with Crippen molar-refractivity contribution < 1.29 is 28.9 Å². The summed E-state index contributed by atoms with van der Waals surface area (Å²) in [4.78, 5) is 26.7. The monoisotopic (exact) mass is 345 g/mol. The predicted octanol–water partition coefficient (Wildman–Crippen LogP) is -0.683. The van der Waals surface area contributed by atoms with E-state index in [9.17, 15) is 24.2 Å². The number of hydrogen-bond donors (Lipinski definition) is 3. The molecule has 0 aromatic carbocycles. The topological polar surface area (TPSA) is 137 Å². The van der Waals surface area contributed by atoms with Crippen LogP contribution in [0.5, 0.6) is 0 Å². The van der Waals surface area contributed by atoms with Gasteiger partial charge in [0.25, 0.3) is 0 Å². The summed E-state index contributed by atoms with van der Waals surface area (Å²) in [6.07, 6.45) is -3.48. The van der Waals surface area contributed by atoms with E-state index in [2.05, 4.69) is 4.98 Å². The minimum Gasteiger partial charge on any atom is -0.466 e. The summed E-state index contributed by atoms with van der Waals surface area (Å²) in [6, 6.07) is 0. The molecule has 0 unspecified atom stereocenters. The van der Waals surface area contributed by atoms with Crippen molar-refractivity contribution in [2.45, 2.75) is 50.7 Å². The molecule has 4 atom stereocenters. The SMILES string of the molecule is CCCCOC(=O)C[C@H]1O[C@@H](n2cc(F)c(N)nc2=O)[C@H](O)[C@@H]1O. The molecule has 0 radical (unpaired) electrons. The number of unbranched alkanes of at least 4 members (excludes halogenated alkanes) is 1. The maximum Gasteiger partial charge on any atom is 0.351 e. The Bertz CT molecular complexity index is 652. The number of aromatic nitrogens is 2. The first kappa shape index (κ1) is 18.3. The number of halogens is 1. The van der Waals surface area contributed by atoms with Crippen LogP contribution in [-0.4, -0.2) is 50.7 Å². The molecule has 24 heavy (non-hydrogen) atoms. The first-order chi connectivity index (χ1) is 11.3. The van der Waals surface area contributed by atoms with Crippen LogP contribution in [-0.2, 0) is 14.3 Å². The number of hydrogen-bond acceptors (Lipinski definition) is 8. The molecular weight excluding hydrogens is 325 g/mol. The second-order valence-electron chi connectivity index (χ2n) is 5.49. The number of nitrogen functional groups attached to an aromatic ring is 1. The molecule has 1 aromatic heterocycles. The van der Waals surface area contributed by atoms with Gasteiger partial charge in [-0.25, -0.2) is 9.18 Å². The number of anilines is 1. The highest BCUT2D eigenvalue weighted by Gasteiger charge is 2.45. The standard InChI is InChI=1S/C14H20FN3O6/c1-2-3-4-23-9(19)5-8-10(20)11(21)13(24-8)18-6-7(15)12(16)17-14(18)22/h6,8,10-11,13,20-21H,2-5H2,1H3,(H2,16,17,22)/t8-,10-,11-,13-/m1/s1. The second kappa shape index (κ2) is 7.69. The molecule has 1 fully saturated rings. The highest BCUT2D eigenvalue weighted by molar-refractivity contribution is 5.70. The highest BCUT2D eigenvalue weighted by atomic mass is 19.1. The molecular formula is C14H20FN3O6. The number of aliphatic hydroxyl groups excluding tert-OH is 2. The third kappa shape index (κ3) is 3.89. The number of ether oxygens (including phenoxy) is 2. The van der Waals surface area contributed by atoms with Crippen molar-refractivity contribution in [2.24, 2.45) is 0 Å². The molecule has 134 valence electrons. The molecule has 1 saturated heterocycles. The van der Waals surface area contributed by atoms with Gasteiger partial charge in [0, 0.05) is 0 Å². The number of carbonyl (C=O) groups excluding carboxylic acids is 1. The average Bonchev–Trinajstić information content (AvgIpc) is 2.79. The number of carbonyl (C=O) groups is 1. The number of rotatable bonds is 6. The normalized spacial score (nSPS) is 26.5. The third-order valence-electron chi connectivity index (χ3n) is 3.67. The zero-order valence-corrected chi connectivity index (χ0v) is 13.1. The van der Waals surface area contributed by atoms with E-state index in [0.29, 0.717) is 11.0 Å². The van der Waals surface area contributed by atoms with Gasteiger partial charge in [0.15, 0.2) is 17.9 Å². The maximum atomic E-state index is 13.5. The Balaban J connectivity index is 2.09. The van der Waals surface area contributed by atoms with Crippen molar-refractivity contribution in [3.8, 4) is 0 Å². The Morgan fingerprint density at radius 2 is 2.21 bits per heavy atom. The van der Waals surface area contributed by atoms with Crippen LogP contribution in [0, 0.1) is 5.82 Å². The van der Waals surface area contributed by atoms with Crippen LogP contribution >= 0.6 is 0 Å². The molecule has 0 spiro atoms. The second-order valence-corrected chi connectivity index (χ2v) is 5.49. The minimum atomic E-state index is -1.54. The summed E-state index contributed by atoms with van der Waals surface area (Å²) in [6.45, 7) is 2.19. The Morgan fingerprint density at radius 1 is 1.50 bits per heavy atom. The molecule has 1 aliphatic rings. The fraction of sp³-hybridized carbons (Fsp3) is 0.643. The van der Waals surface area contributed by atoms with Crippen LogP contribution in [0.15, 0.2) is 11.0 Å². The molecule has 0 aliphatic carbocycles. The van der Waals surface area contributed by atoms with Crippen LogP contribution < -0.4 is 11.4 Å². The Hall–Kier alpha value is -2.04. The van der Waals surface area contributed by atoms with E-state index in [4.69, 9.17) is 15.2 Å². The first-order valence-corrected chi connectivity index (χ1v) is 7.56. The zero-order chi connectivity index (χ0) is 17.9. The Morgan fingerprint density at radius 3 is 2.88 bits per heavy atom. The molecule has 1 aromatic rings. The van der Waals surface area contributed by atoms with Gasteiger partial charge in [0.2, 0.25) is 0 Å². The summed E-state index contributed by atoms with van der Waals surface area (Å²) >= 11 is 0. The molecule has 1 aliphatic heterocycles. The molecule has 9 nitrogen and oxygen atoms in total. The molecule has 0 saturated carbocycles. The summed E-state index contributed by atoms with van der Waals surface area (Å²) in [5.74, 6) is -2.16. The van der Waals surface area contributed by atoms with E-state index < -0.39 is 47.8 Å². The lowest BCUT2D eigenvalue weighted by molar-refractivity contribution is -0.148. The van der Waals surface area contributed by atoms with E-state index in [-0.39, 0.29) is 13.0 Å². The smallest absolute Gasteiger partial charge is 0.351 e. The fourth-order valence-electron chi connectivity index (χ4n) is 2.32. The van der Waals surface area contributed by atoms with Crippen molar-refractivity contribution in [2.75, 3.05) is 12.3 Å². The van der Waals surface area contributed by atoms with Gasteiger partial charge in [-0.05, 0) is 6.42 Å². The molecule has 4 N–H and O–H groups in total. The van der Waals surface area contributed by atoms with Crippen LogP contribution in [0.1, 0.15) is 32.4 Å². The molecule has 10 heteroatoms. The van der Waals surface area contributed by atoms with Crippen molar-refractivity contribution in [3.05, 3.63) is 22.5 Å². The lowest BCUT2D eigenvalue weighted by atomic mass is 10.1. The Kier molecular flexibility index (Phi) is 5.86. The van der Waals surface area contributed by atoms with Crippen molar-refractivity contribution in [1.82, 2.24) is 9.55 Å². The number of aliphatic hydroxyl groups is 2. The van der Waals surface area contributed by atoms with Gasteiger partial charge in [-0.2, -0.15) is 4.98 Å². The van der Waals surface area contributed by atoms with Gasteiger partial charge in [-0.15, -0.1) is 0 Å². The van der Waals surface area contributed by atoms with Gasteiger partial charge in [-0.1, -0.05) is 13.3 Å². The van der Waals surface area contributed by atoms with E-state index in [1.54, 1.807) is 0 Å². The number of nitrogens with two attached hydrogens (primary N) is 1. The molecule has 0 amide bonds. The van der Waals surface area contributed by atoms with Crippen LogP contribution in [0.4, 0.5) is 10.2 Å². The largest absolute Gasteiger partial charge is 0.466 e. The van der Waals surface area contributed by atoms with Gasteiger partial charge < -0.3 is 25.4 Å². The number of nitrogens with zero attached hydrogens (tertiary/aromatic N) is 2. The maximum absolute atomic E-state index is 13.5. The van der Waals surface area contributed by atoms with E-state index >= 15 is 0 Å². The summed E-state index contributed by atoms with van der Waals surface area (Å²) in [5.41, 5.74) is 4.24. The lowest BCUT2D eigenvalue weighted by Gasteiger charge is -2.17. The zero-order valence-electron chi connectivity index (χ0n) is 13.1. The van der Waals surface area contributed by atoms with Gasteiger partial charge >= 0.3 is 11.7 Å².